The minimum absolute atomic E-state index is 0.195. The van der Waals surface area contributed by atoms with Gasteiger partial charge in [-0.05, 0) is 61.6 Å². The standard InChI is InChI=1S/C21H26FN3O2/c1-27-20-4-2-3-18(12-20)25-21(26)24-14-19-10-7-16(13-23-19)11-15-5-8-17(22)9-6-15/h2-6,8-9,12,16,19,23H,7,10-11,13-14H2,1H3,(H2,24,25,26)/t16-,19-/m1/s1. The molecule has 1 fully saturated rings. The first kappa shape index (κ1) is 19.2. The van der Waals surface area contributed by atoms with Gasteiger partial charge >= 0.3 is 6.03 Å². The lowest BCUT2D eigenvalue weighted by molar-refractivity contribution is 0.247. The Hall–Kier alpha value is -2.60. The molecule has 27 heavy (non-hydrogen) atoms. The molecular weight excluding hydrogens is 345 g/mol. The molecule has 0 aliphatic carbocycles. The molecule has 0 bridgehead atoms. The minimum atomic E-state index is -0.224. The van der Waals surface area contributed by atoms with Gasteiger partial charge in [0, 0.05) is 24.3 Å². The fourth-order valence-corrected chi connectivity index (χ4v) is 3.37. The predicted molar refractivity (Wildman–Crippen MR) is 105 cm³/mol. The summed E-state index contributed by atoms with van der Waals surface area (Å²) in [5.74, 6) is 1.05. The van der Waals surface area contributed by atoms with Crippen LogP contribution < -0.4 is 20.7 Å². The summed E-state index contributed by atoms with van der Waals surface area (Å²) in [6, 6.07) is 14.0. The van der Waals surface area contributed by atoms with E-state index in [-0.39, 0.29) is 17.9 Å². The number of rotatable bonds is 6. The summed E-state index contributed by atoms with van der Waals surface area (Å²) in [6.07, 6.45) is 3.04. The highest BCUT2D eigenvalue weighted by molar-refractivity contribution is 5.89. The van der Waals surface area contributed by atoms with E-state index < -0.39 is 0 Å². The highest BCUT2D eigenvalue weighted by Gasteiger charge is 2.21. The Labute approximate surface area is 159 Å². The number of carbonyl (C=O) groups excluding carboxylic acids is 1. The molecule has 0 unspecified atom stereocenters. The quantitative estimate of drug-likeness (QED) is 0.727. The summed E-state index contributed by atoms with van der Waals surface area (Å²) in [5.41, 5.74) is 1.86. The molecular formula is C21H26FN3O2. The molecule has 2 aromatic rings. The first-order chi connectivity index (χ1) is 13.1. The summed E-state index contributed by atoms with van der Waals surface area (Å²) < 4.78 is 18.1. The number of nitrogens with one attached hydrogen (secondary N) is 3. The fraction of sp³-hybridized carbons (Fsp3) is 0.381. The van der Waals surface area contributed by atoms with Gasteiger partial charge in [-0.3, -0.25) is 0 Å². The fourth-order valence-electron chi connectivity index (χ4n) is 3.37. The molecule has 2 aromatic carbocycles. The van der Waals surface area contributed by atoms with Crippen molar-refractivity contribution in [3.8, 4) is 5.75 Å². The molecule has 0 radical (unpaired) electrons. The summed E-state index contributed by atoms with van der Waals surface area (Å²) >= 11 is 0. The number of methoxy groups -OCH3 is 1. The van der Waals surface area contributed by atoms with Crippen molar-refractivity contribution >= 4 is 11.7 Å². The monoisotopic (exact) mass is 371 g/mol. The summed E-state index contributed by atoms with van der Waals surface area (Å²) in [5, 5.41) is 9.23. The zero-order chi connectivity index (χ0) is 19.1. The zero-order valence-electron chi connectivity index (χ0n) is 15.5. The van der Waals surface area contributed by atoms with Crippen molar-refractivity contribution in [2.45, 2.75) is 25.3 Å². The van der Waals surface area contributed by atoms with Crippen molar-refractivity contribution in [3.63, 3.8) is 0 Å². The maximum absolute atomic E-state index is 13.0. The van der Waals surface area contributed by atoms with Crippen molar-refractivity contribution < 1.29 is 13.9 Å². The van der Waals surface area contributed by atoms with E-state index in [0.29, 0.717) is 23.9 Å². The van der Waals surface area contributed by atoms with Crippen LogP contribution in [0.1, 0.15) is 18.4 Å². The van der Waals surface area contributed by atoms with E-state index in [1.807, 2.05) is 30.3 Å². The highest BCUT2D eigenvalue weighted by Crippen LogP contribution is 2.19. The van der Waals surface area contributed by atoms with E-state index in [1.165, 1.54) is 12.1 Å². The van der Waals surface area contributed by atoms with E-state index in [2.05, 4.69) is 16.0 Å². The van der Waals surface area contributed by atoms with Crippen LogP contribution in [0, 0.1) is 11.7 Å². The van der Waals surface area contributed by atoms with Crippen molar-refractivity contribution in [1.82, 2.24) is 10.6 Å². The Morgan fingerprint density at radius 3 is 2.74 bits per heavy atom. The van der Waals surface area contributed by atoms with E-state index in [9.17, 15) is 9.18 Å². The molecule has 5 nitrogen and oxygen atoms in total. The van der Waals surface area contributed by atoms with Gasteiger partial charge in [0.1, 0.15) is 11.6 Å². The van der Waals surface area contributed by atoms with Crippen molar-refractivity contribution in [3.05, 3.63) is 59.9 Å². The van der Waals surface area contributed by atoms with Crippen LogP contribution in [-0.2, 0) is 6.42 Å². The van der Waals surface area contributed by atoms with Gasteiger partial charge in [0.05, 0.1) is 7.11 Å². The Balaban J connectivity index is 1.37. The normalized spacial score (nSPS) is 19.3. The van der Waals surface area contributed by atoms with Crippen LogP contribution in [0.5, 0.6) is 5.75 Å². The smallest absolute Gasteiger partial charge is 0.319 e. The van der Waals surface area contributed by atoms with Crippen LogP contribution in [0.4, 0.5) is 14.9 Å². The third kappa shape index (κ3) is 5.96. The van der Waals surface area contributed by atoms with Crippen molar-refractivity contribution in [2.75, 3.05) is 25.5 Å². The van der Waals surface area contributed by atoms with Gasteiger partial charge in [-0.2, -0.15) is 0 Å². The minimum Gasteiger partial charge on any atom is -0.497 e. The molecule has 1 saturated heterocycles. The first-order valence-electron chi connectivity index (χ1n) is 9.29. The average Bonchev–Trinajstić information content (AvgIpc) is 2.69. The van der Waals surface area contributed by atoms with Gasteiger partial charge < -0.3 is 20.7 Å². The number of piperidine rings is 1. The second-order valence-electron chi connectivity index (χ2n) is 6.95. The number of hydrogen-bond donors (Lipinski definition) is 3. The van der Waals surface area contributed by atoms with Crippen molar-refractivity contribution in [2.24, 2.45) is 5.92 Å². The lowest BCUT2D eigenvalue weighted by atomic mass is 9.89. The maximum atomic E-state index is 13.0. The van der Waals surface area contributed by atoms with Gasteiger partial charge in [-0.15, -0.1) is 0 Å². The number of anilines is 1. The lowest BCUT2D eigenvalue weighted by Crippen LogP contribution is -2.47. The summed E-state index contributed by atoms with van der Waals surface area (Å²) in [6.45, 7) is 1.49. The molecule has 6 heteroatoms. The van der Waals surface area contributed by atoms with Crippen LogP contribution in [-0.4, -0.2) is 32.3 Å². The van der Waals surface area contributed by atoms with E-state index >= 15 is 0 Å². The largest absolute Gasteiger partial charge is 0.497 e. The van der Waals surface area contributed by atoms with Crippen LogP contribution >= 0.6 is 0 Å². The first-order valence-corrected chi connectivity index (χ1v) is 9.29. The molecule has 3 rings (SSSR count). The number of benzene rings is 2. The third-order valence-electron chi connectivity index (χ3n) is 4.89. The molecule has 0 aromatic heterocycles. The zero-order valence-corrected chi connectivity index (χ0v) is 15.5. The van der Waals surface area contributed by atoms with Crippen LogP contribution in [0.15, 0.2) is 48.5 Å². The number of amides is 2. The Morgan fingerprint density at radius 1 is 1.22 bits per heavy atom. The molecule has 3 N–H and O–H groups in total. The topological polar surface area (TPSA) is 62.4 Å². The molecule has 2 atom stereocenters. The van der Waals surface area contributed by atoms with Gasteiger partial charge in [0.25, 0.3) is 0 Å². The van der Waals surface area contributed by atoms with Crippen LogP contribution in [0.25, 0.3) is 0 Å². The Morgan fingerprint density at radius 2 is 2.04 bits per heavy atom. The molecule has 0 saturated carbocycles. The number of urea groups is 1. The van der Waals surface area contributed by atoms with E-state index in [0.717, 1.165) is 31.4 Å². The van der Waals surface area contributed by atoms with Crippen LogP contribution in [0.2, 0.25) is 0 Å². The van der Waals surface area contributed by atoms with E-state index in [1.54, 1.807) is 13.2 Å². The summed E-state index contributed by atoms with van der Waals surface area (Å²) in [4.78, 5) is 12.1. The Kier molecular flexibility index (Phi) is 6.65. The van der Waals surface area contributed by atoms with Gasteiger partial charge in [0.15, 0.2) is 0 Å². The van der Waals surface area contributed by atoms with Crippen molar-refractivity contribution in [1.29, 1.82) is 0 Å². The highest BCUT2D eigenvalue weighted by atomic mass is 19.1. The number of halogens is 1. The molecule has 0 spiro atoms. The predicted octanol–water partition coefficient (Wildman–Crippen LogP) is 3.57. The number of carbonyl (C=O) groups is 1. The number of hydrogen-bond acceptors (Lipinski definition) is 3. The molecule has 1 aliphatic heterocycles. The lowest BCUT2D eigenvalue weighted by Gasteiger charge is -2.30. The molecule has 1 aliphatic rings. The van der Waals surface area contributed by atoms with Gasteiger partial charge in [-0.1, -0.05) is 18.2 Å². The Bertz CT molecular complexity index is 743. The number of ether oxygens (including phenoxy) is 1. The van der Waals surface area contributed by atoms with Crippen LogP contribution in [0.3, 0.4) is 0 Å². The van der Waals surface area contributed by atoms with E-state index in [4.69, 9.17) is 4.74 Å². The summed E-state index contributed by atoms with van der Waals surface area (Å²) in [7, 11) is 1.59. The average molecular weight is 371 g/mol. The SMILES string of the molecule is COc1cccc(NC(=O)NC[C@H]2CC[C@H](Cc3ccc(F)cc3)CN2)c1. The molecule has 144 valence electrons. The molecule has 1 heterocycles. The van der Waals surface area contributed by atoms with Gasteiger partial charge in [-0.25, -0.2) is 9.18 Å². The second kappa shape index (κ2) is 9.37. The second-order valence-corrected chi connectivity index (χ2v) is 6.95. The third-order valence-corrected chi connectivity index (χ3v) is 4.89. The maximum Gasteiger partial charge on any atom is 0.319 e. The molecule has 2 amide bonds. The van der Waals surface area contributed by atoms with Gasteiger partial charge in [0.2, 0.25) is 0 Å².